The number of aromatic amines is 1. The van der Waals surface area contributed by atoms with Crippen molar-refractivity contribution in [3.8, 4) is 16.9 Å². The van der Waals surface area contributed by atoms with Gasteiger partial charge < -0.3 is 9.40 Å². The molecule has 1 N–H and O–H groups in total. The Hall–Kier alpha value is -2.44. The van der Waals surface area contributed by atoms with Gasteiger partial charge in [-0.25, -0.2) is 4.79 Å². The number of aromatic nitrogens is 2. The number of halogens is 1. The summed E-state index contributed by atoms with van der Waals surface area (Å²) in [5, 5.41) is 0.863. The molecule has 0 atom stereocenters. The van der Waals surface area contributed by atoms with Crippen molar-refractivity contribution in [2.75, 3.05) is 0 Å². The Bertz CT molecular complexity index is 1170. The summed E-state index contributed by atoms with van der Waals surface area (Å²) in [5.41, 5.74) is 2.15. The molecule has 0 aliphatic rings. The van der Waals surface area contributed by atoms with Gasteiger partial charge in [0.25, 0.3) is 0 Å². The van der Waals surface area contributed by atoms with Crippen LogP contribution in [0.2, 0.25) is 0 Å². The van der Waals surface area contributed by atoms with Crippen LogP contribution in [-0.4, -0.2) is 9.55 Å². The van der Waals surface area contributed by atoms with Crippen molar-refractivity contribution < 1.29 is 4.42 Å². The van der Waals surface area contributed by atoms with Crippen LogP contribution < -0.4 is 5.63 Å². The van der Waals surface area contributed by atoms with Gasteiger partial charge in [0.15, 0.2) is 4.77 Å². The molecular formula is C18H11BrN2O2S. The molecule has 0 fully saturated rings. The average molecular weight is 399 g/mol. The molecule has 0 saturated heterocycles. The zero-order chi connectivity index (χ0) is 16.7. The fourth-order valence-electron chi connectivity index (χ4n) is 2.60. The molecule has 2 aromatic heterocycles. The predicted octanol–water partition coefficient (Wildman–Crippen LogP) is 5.07. The first-order chi connectivity index (χ1) is 11.6. The number of hydrogen-bond donors (Lipinski definition) is 1. The van der Waals surface area contributed by atoms with E-state index in [4.69, 9.17) is 16.6 Å². The lowest BCUT2D eigenvalue weighted by atomic mass is 10.1. The van der Waals surface area contributed by atoms with Crippen LogP contribution in [0.3, 0.4) is 0 Å². The Morgan fingerprint density at radius 2 is 1.92 bits per heavy atom. The van der Waals surface area contributed by atoms with E-state index in [1.165, 1.54) is 0 Å². The van der Waals surface area contributed by atoms with Crippen LogP contribution >= 0.6 is 28.1 Å². The molecule has 2 heterocycles. The maximum Gasteiger partial charge on any atom is 0.345 e. The van der Waals surface area contributed by atoms with Crippen molar-refractivity contribution >= 4 is 39.1 Å². The minimum atomic E-state index is -0.397. The Kier molecular flexibility index (Phi) is 3.70. The van der Waals surface area contributed by atoms with Crippen LogP contribution in [0.4, 0.5) is 0 Å². The monoisotopic (exact) mass is 398 g/mol. The first kappa shape index (κ1) is 15.1. The van der Waals surface area contributed by atoms with E-state index in [1.54, 1.807) is 6.07 Å². The number of nitrogens with one attached hydrogen (secondary N) is 1. The second-order valence-electron chi connectivity index (χ2n) is 5.31. The van der Waals surface area contributed by atoms with Gasteiger partial charge in [-0.1, -0.05) is 40.2 Å². The largest absolute Gasteiger partial charge is 0.422 e. The molecule has 0 aliphatic carbocycles. The smallest absolute Gasteiger partial charge is 0.345 e. The topological polar surface area (TPSA) is 50.9 Å². The van der Waals surface area contributed by atoms with E-state index in [1.807, 2.05) is 59.3 Å². The van der Waals surface area contributed by atoms with E-state index in [2.05, 4.69) is 20.9 Å². The van der Waals surface area contributed by atoms with Crippen molar-refractivity contribution in [3.05, 3.63) is 80.5 Å². The maximum atomic E-state index is 12.3. The number of imidazole rings is 1. The third kappa shape index (κ3) is 2.64. The third-order valence-corrected chi connectivity index (χ3v) is 4.53. The lowest BCUT2D eigenvalue weighted by Crippen LogP contribution is -2.02. The van der Waals surface area contributed by atoms with Gasteiger partial charge in [-0.3, -0.25) is 4.57 Å². The first-order valence-corrected chi connectivity index (χ1v) is 8.43. The van der Waals surface area contributed by atoms with Crippen LogP contribution in [0.5, 0.6) is 0 Å². The van der Waals surface area contributed by atoms with E-state index >= 15 is 0 Å². The fourth-order valence-corrected chi connectivity index (χ4v) is 3.25. The molecule has 4 rings (SSSR count). The Morgan fingerprint density at radius 1 is 1.08 bits per heavy atom. The lowest BCUT2D eigenvalue weighted by Gasteiger charge is -2.02. The molecule has 0 aliphatic heterocycles. The quantitative estimate of drug-likeness (QED) is 0.378. The normalized spacial score (nSPS) is 11.0. The molecule has 0 spiro atoms. The third-order valence-electron chi connectivity index (χ3n) is 3.74. The van der Waals surface area contributed by atoms with Crippen molar-refractivity contribution in [1.82, 2.24) is 9.55 Å². The summed E-state index contributed by atoms with van der Waals surface area (Å²) in [6.45, 7) is 0. The van der Waals surface area contributed by atoms with Crippen LogP contribution in [0.1, 0.15) is 0 Å². The molecule has 2 aromatic carbocycles. The highest BCUT2D eigenvalue weighted by molar-refractivity contribution is 9.10. The molecule has 0 unspecified atom stereocenters. The molecule has 0 radical (unpaired) electrons. The highest BCUT2D eigenvalue weighted by atomic mass is 79.9. The SMILES string of the molecule is O=c1oc2ccccc2cc1-c1cn(-c2cccc(Br)c2)c(=S)[nH]1. The maximum absolute atomic E-state index is 12.3. The number of H-pyrrole nitrogens is 1. The first-order valence-electron chi connectivity index (χ1n) is 7.23. The van der Waals surface area contributed by atoms with Gasteiger partial charge in [0.05, 0.1) is 11.3 Å². The Morgan fingerprint density at radius 3 is 2.75 bits per heavy atom. The van der Waals surface area contributed by atoms with Crippen molar-refractivity contribution in [2.24, 2.45) is 0 Å². The lowest BCUT2D eigenvalue weighted by molar-refractivity contribution is 0.563. The molecule has 6 heteroatoms. The highest BCUT2D eigenvalue weighted by Gasteiger charge is 2.11. The molecule has 0 bridgehead atoms. The number of rotatable bonds is 2. The average Bonchev–Trinajstić information content (AvgIpc) is 2.96. The fraction of sp³-hybridized carbons (Fsp3) is 0. The molecule has 4 nitrogen and oxygen atoms in total. The number of para-hydroxylation sites is 1. The van der Waals surface area contributed by atoms with E-state index in [0.717, 1.165) is 15.5 Å². The summed E-state index contributed by atoms with van der Waals surface area (Å²) in [6.07, 6.45) is 1.81. The minimum Gasteiger partial charge on any atom is -0.422 e. The summed E-state index contributed by atoms with van der Waals surface area (Å²) < 4.78 is 8.68. The van der Waals surface area contributed by atoms with Crippen LogP contribution in [0, 0.1) is 4.77 Å². The van der Waals surface area contributed by atoms with E-state index in [9.17, 15) is 4.79 Å². The van der Waals surface area contributed by atoms with E-state index in [0.29, 0.717) is 21.6 Å². The molecule has 0 saturated carbocycles. The number of nitrogens with zero attached hydrogens (tertiary/aromatic N) is 1. The number of fused-ring (bicyclic) bond motifs is 1. The van der Waals surface area contributed by atoms with E-state index in [-0.39, 0.29) is 0 Å². The van der Waals surface area contributed by atoms with Gasteiger partial charge in [0.1, 0.15) is 5.58 Å². The van der Waals surface area contributed by atoms with Gasteiger partial charge >= 0.3 is 5.63 Å². The zero-order valence-electron chi connectivity index (χ0n) is 12.3. The van der Waals surface area contributed by atoms with Crippen LogP contribution in [0.15, 0.2) is 74.5 Å². The summed E-state index contributed by atoms with van der Waals surface area (Å²) >= 11 is 8.85. The Balaban J connectivity index is 1.90. The molecule has 24 heavy (non-hydrogen) atoms. The van der Waals surface area contributed by atoms with Gasteiger partial charge in [-0.05, 0) is 42.5 Å². The summed E-state index contributed by atoms with van der Waals surface area (Å²) in [5.74, 6) is 0. The summed E-state index contributed by atoms with van der Waals surface area (Å²) in [4.78, 5) is 15.4. The number of hydrogen-bond acceptors (Lipinski definition) is 3. The summed E-state index contributed by atoms with van der Waals surface area (Å²) in [7, 11) is 0. The summed E-state index contributed by atoms with van der Waals surface area (Å²) in [6, 6.07) is 17.0. The van der Waals surface area contributed by atoms with Gasteiger partial charge in [0.2, 0.25) is 0 Å². The number of benzene rings is 2. The standard InChI is InChI=1S/C18H11BrN2O2S/c19-12-5-3-6-13(9-12)21-10-15(20-18(21)24)14-8-11-4-1-2-7-16(11)23-17(14)22/h1-10H,(H,20,24). The zero-order valence-corrected chi connectivity index (χ0v) is 14.7. The second-order valence-corrected chi connectivity index (χ2v) is 6.61. The van der Waals surface area contributed by atoms with Gasteiger partial charge in [-0.2, -0.15) is 0 Å². The molecule has 0 amide bonds. The van der Waals surface area contributed by atoms with Crippen LogP contribution in [0.25, 0.3) is 27.9 Å². The van der Waals surface area contributed by atoms with Gasteiger partial charge in [-0.15, -0.1) is 0 Å². The van der Waals surface area contributed by atoms with Crippen LogP contribution in [-0.2, 0) is 0 Å². The molecule has 118 valence electrons. The molecular weight excluding hydrogens is 388 g/mol. The Labute approximate surface area is 150 Å². The minimum absolute atomic E-state index is 0.397. The van der Waals surface area contributed by atoms with Gasteiger partial charge in [0, 0.05) is 21.7 Å². The predicted molar refractivity (Wildman–Crippen MR) is 100 cm³/mol. The van der Waals surface area contributed by atoms with Crippen molar-refractivity contribution in [2.45, 2.75) is 0 Å². The van der Waals surface area contributed by atoms with Crippen molar-refractivity contribution in [3.63, 3.8) is 0 Å². The molecule has 4 aromatic rings. The van der Waals surface area contributed by atoms with E-state index < -0.39 is 5.63 Å². The second kappa shape index (κ2) is 5.89. The van der Waals surface area contributed by atoms with Crippen molar-refractivity contribution in [1.29, 1.82) is 0 Å². The highest BCUT2D eigenvalue weighted by Crippen LogP contribution is 2.22.